The van der Waals surface area contributed by atoms with E-state index in [1.165, 1.54) is 0 Å². The van der Waals surface area contributed by atoms with Crippen LogP contribution in [0.1, 0.15) is 11.3 Å². The lowest BCUT2D eigenvalue weighted by molar-refractivity contribution is 0.756. The van der Waals surface area contributed by atoms with Crippen LogP contribution in [0.5, 0.6) is 0 Å². The highest BCUT2D eigenvalue weighted by Crippen LogP contribution is 2.22. The van der Waals surface area contributed by atoms with Crippen LogP contribution in [0.15, 0.2) is 42.7 Å². The van der Waals surface area contributed by atoms with Gasteiger partial charge in [-0.1, -0.05) is 30.3 Å². The first-order chi connectivity index (χ1) is 9.74. The predicted molar refractivity (Wildman–Crippen MR) is 79.3 cm³/mol. The van der Waals surface area contributed by atoms with E-state index in [0.29, 0.717) is 6.54 Å². The number of aromatic nitrogens is 4. The molecule has 2 N–H and O–H groups in total. The highest BCUT2D eigenvalue weighted by molar-refractivity contribution is 5.63. The van der Waals surface area contributed by atoms with Gasteiger partial charge in [0.15, 0.2) is 0 Å². The fraction of sp³-hybridized carbons (Fsp3) is 0.200. The van der Waals surface area contributed by atoms with E-state index in [1.807, 2.05) is 49.2 Å². The fourth-order valence-corrected chi connectivity index (χ4v) is 2.26. The number of anilines is 1. The second-order valence-electron chi connectivity index (χ2n) is 4.79. The Kier molecular flexibility index (Phi) is 3.25. The lowest BCUT2D eigenvalue weighted by atomic mass is 10.1. The van der Waals surface area contributed by atoms with E-state index in [0.717, 1.165) is 28.2 Å². The molecule has 3 aromatic rings. The second-order valence-corrected chi connectivity index (χ2v) is 4.79. The van der Waals surface area contributed by atoms with Gasteiger partial charge in [-0.15, -0.1) is 0 Å². The fourth-order valence-electron chi connectivity index (χ4n) is 2.26. The van der Waals surface area contributed by atoms with Crippen molar-refractivity contribution in [2.75, 3.05) is 5.32 Å². The molecule has 2 heterocycles. The molecule has 0 aliphatic heterocycles. The van der Waals surface area contributed by atoms with Crippen LogP contribution < -0.4 is 5.32 Å². The number of aryl methyl sites for hydroxylation is 2. The molecule has 1 aromatic carbocycles. The van der Waals surface area contributed by atoms with Crippen molar-refractivity contribution < 1.29 is 0 Å². The zero-order valence-electron chi connectivity index (χ0n) is 11.6. The van der Waals surface area contributed by atoms with Crippen molar-refractivity contribution in [1.82, 2.24) is 20.0 Å². The molecule has 5 heteroatoms. The van der Waals surface area contributed by atoms with Gasteiger partial charge in [0.25, 0.3) is 0 Å². The quantitative estimate of drug-likeness (QED) is 0.764. The van der Waals surface area contributed by atoms with E-state index in [9.17, 15) is 0 Å². The van der Waals surface area contributed by atoms with Gasteiger partial charge in [0.1, 0.15) is 0 Å². The summed E-state index contributed by atoms with van der Waals surface area (Å²) in [7, 11) is 1.92. The molecule has 0 fully saturated rings. The zero-order chi connectivity index (χ0) is 13.9. The maximum absolute atomic E-state index is 4.32. The van der Waals surface area contributed by atoms with Crippen LogP contribution in [0.2, 0.25) is 0 Å². The summed E-state index contributed by atoms with van der Waals surface area (Å²) < 4.78 is 1.81. The van der Waals surface area contributed by atoms with E-state index < -0.39 is 0 Å². The lowest BCUT2D eigenvalue weighted by Crippen LogP contribution is -2.00. The minimum atomic E-state index is 0.716. The third kappa shape index (κ3) is 2.42. The average molecular weight is 267 g/mol. The molecule has 0 unspecified atom stereocenters. The molecule has 5 nitrogen and oxygen atoms in total. The minimum Gasteiger partial charge on any atom is -0.378 e. The molecular weight excluding hydrogens is 250 g/mol. The smallest absolute Gasteiger partial charge is 0.0825 e. The topological polar surface area (TPSA) is 58.5 Å². The Morgan fingerprint density at radius 1 is 1.25 bits per heavy atom. The Morgan fingerprint density at radius 3 is 2.75 bits per heavy atom. The van der Waals surface area contributed by atoms with Crippen molar-refractivity contribution >= 4 is 5.69 Å². The van der Waals surface area contributed by atoms with E-state index >= 15 is 0 Å². The molecule has 0 spiro atoms. The number of hydrogen-bond donors (Lipinski definition) is 2. The van der Waals surface area contributed by atoms with E-state index in [4.69, 9.17) is 0 Å². The number of rotatable bonds is 4. The van der Waals surface area contributed by atoms with Crippen LogP contribution in [0.25, 0.3) is 11.3 Å². The summed E-state index contributed by atoms with van der Waals surface area (Å²) in [5.74, 6) is 0. The Labute approximate surface area is 117 Å². The average Bonchev–Trinajstić information content (AvgIpc) is 3.04. The summed E-state index contributed by atoms with van der Waals surface area (Å²) >= 11 is 0. The maximum atomic E-state index is 4.32. The van der Waals surface area contributed by atoms with Gasteiger partial charge in [0, 0.05) is 25.4 Å². The summed E-state index contributed by atoms with van der Waals surface area (Å²) in [5, 5.41) is 14.9. The van der Waals surface area contributed by atoms with Gasteiger partial charge >= 0.3 is 0 Å². The van der Waals surface area contributed by atoms with Crippen molar-refractivity contribution in [1.29, 1.82) is 0 Å². The van der Waals surface area contributed by atoms with Crippen molar-refractivity contribution in [2.45, 2.75) is 13.5 Å². The molecule has 0 saturated carbocycles. The molecule has 0 aliphatic rings. The first-order valence-electron chi connectivity index (χ1n) is 6.56. The van der Waals surface area contributed by atoms with E-state index in [2.05, 4.69) is 32.7 Å². The molecular formula is C15H17N5. The molecule has 0 atom stereocenters. The van der Waals surface area contributed by atoms with Crippen LogP contribution in [0.3, 0.4) is 0 Å². The first kappa shape index (κ1) is 12.5. The lowest BCUT2D eigenvalue weighted by Gasteiger charge is -2.06. The van der Waals surface area contributed by atoms with Crippen molar-refractivity contribution in [3.8, 4) is 11.3 Å². The van der Waals surface area contributed by atoms with Gasteiger partial charge in [-0.05, 0) is 12.5 Å². The Hall–Kier alpha value is -2.56. The van der Waals surface area contributed by atoms with Crippen molar-refractivity contribution in [2.24, 2.45) is 7.05 Å². The van der Waals surface area contributed by atoms with Gasteiger partial charge in [-0.3, -0.25) is 9.78 Å². The standard InChI is InChI=1S/C15H17N5/c1-11-14(10-20(2)19-11)16-8-13-9-17-18-15(13)12-6-4-3-5-7-12/h3-7,9-10,16H,8H2,1-2H3,(H,17,18). The summed E-state index contributed by atoms with van der Waals surface area (Å²) in [5.41, 5.74) is 5.38. The molecule has 0 bridgehead atoms. The summed E-state index contributed by atoms with van der Waals surface area (Å²) in [6, 6.07) is 10.2. The van der Waals surface area contributed by atoms with Gasteiger partial charge in [-0.2, -0.15) is 10.2 Å². The van der Waals surface area contributed by atoms with Crippen molar-refractivity contribution in [3.05, 3.63) is 54.0 Å². The van der Waals surface area contributed by atoms with Gasteiger partial charge < -0.3 is 5.32 Å². The number of nitrogens with one attached hydrogen (secondary N) is 2. The Morgan fingerprint density at radius 2 is 2.05 bits per heavy atom. The largest absolute Gasteiger partial charge is 0.378 e. The SMILES string of the molecule is Cc1nn(C)cc1NCc1cn[nH]c1-c1ccccc1. The van der Waals surface area contributed by atoms with Crippen LogP contribution in [0, 0.1) is 6.92 Å². The van der Waals surface area contributed by atoms with Gasteiger partial charge in [0.05, 0.1) is 23.3 Å². The molecule has 3 rings (SSSR count). The summed E-state index contributed by atoms with van der Waals surface area (Å²) in [4.78, 5) is 0. The predicted octanol–water partition coefficient (Wildman–Crippen LogP) is 2.73. The highest BCUT2D eigenvalue weighted by Gasteiger charge is 2.08. The minimum absolute atomic E-state index is 0.716. The molecule has 0 radical (unpaired) electrons. The van der Waals surface area contributed by atoms with Gasteiger partial charge in [0.2, 0.25) is 0 Å². The number of hydrogen-bond acceptors (Lipinski definition) is 3. The third-order valence-corrected chi connectivity index (χ3v) is 3.26. The third-order valence-electron chi connectivity index (χ3n) is 3.26. The molecule has 0 amide bonds. The molecule has 0 saturated heterocycles. The van der Waals surface area contributed by atoms with E-state index in [-0.39, 0.29) is 0 Å². The van der Waals surface area contributed by atoms with Crippen LogP contribution >= 0.6 is 0 Å². The van der Waals surface area contributed by atoms with Crippen LogP contribution in [0.4, 0.5) is 5.69 Å². The zero-order valence-corrected chi connectivity index (χ0v) is 11.6. The molecule has 2 aromatic heterocycles. The van der Waals surface area contributed by atoms with Crippen LogP contribution in [-0.4, -0.2) is 20.0 Å². The molecule has 0 aliphatic carbocycles. The number of aromatic amines is 1. The first-order valence-corrected chi connectivity index (χ1v) is 6.56. The molecule has 102 valence electrons. The highest BCUT2D eigenvalue weighted by atomic mass is 15.3. The normalized spacial score (nSPS) is 10.7. The van der Waals surface area contributed by atoms with Crippen molar-refractivity contribution in [3.63, 3.8) is 0 Å². The Bertz CT molecular complexity index is 696. The number of H-pyrrole nitrogens is 1. The van der Waals surface area contributed by atoms with E-state index in [1.54, 1.807) is 0 Å². The number of benzene rings is 1. The maximum Gasteiger partial charge on any atom is 0.0825 e. The summed E-state index contributed by atoms with van der Waals surface area (Å²) in [6.45, 7) is 2.71. The molecule has 20 heavy (non-hydrogen) atoms. The number of nitrogens with zero attached hydrogens (tertiary/aromatic N) is 3. The monoisotopic (exact) mass is 267 g/mol. The van der Waals surface area contributed by atoms with Gasteiger partial charge in [-0.25, -0.2) is 0 Å². The summed E-state index contributed by atoms with van der Waals surface area (Å²) in [6.07, 6.45) is 3.85. The second kappa shape index (κ2) is 5.21. The Balaban J connectivity index is 1.79. The van der Waals surface area contributed by atoms with Crippen LogP contribution in [-0.2, 0) is 13.6 Å².